The number of hydrogen-bond donors (Lipinski definition) is 2. The van der Waals surface area contributed by atoms with Crippen molar-refractivity contribution in [2.75, 3.05) is 39.9 Å². The van der Waals surface area contributed by atoms with E-state index in [1.807, 2.05) is 32.0 Å². The number of nitrogens with one attached hydrogen (secondary N) is 1. The molecule has 2 N–H and O–H groups in total. The third kappa shape index (κ3) is 3.48. The molecule has 0 saturated carbocycles. The molecule has 0 spiro atoms. The Kier molecular flexibility index (Phi) is 5.56. The zero-order valence-corrected chi connectivity index (χ0v) is 13.6. The predicted octanol–water partition coefficient (Wildman–Crippen LogP) is 1.44. The number of aliphatic hydroxyl groups is 1. The highest BCUT2D eigenvalue weighted by Crippen LogP contribution is 2.39. The SMILES string of the molecule is COC(=O)c1ccccc1[C@H](N1CCNCC1)C(C)(C)CO. The van der Waals surface area contributed by atoms with Crippen molar-refractivity contribution in [1.82, 2.24) is 10.2 Å². The maximum atomic E-state index is 12.1. The molecule has 5 nitrogen and oxygen atoms in total. The summed E-state index contributed by atoms with van der Waals surface area (Å²) in [5.74, 6) is -0.329. The van der Waals surface area contributed by atoms with Crippen molar-refractivity contribution < 1.29 is 14.6 Å². The van der Waals surface area contributed by atoms with Crippen LogP contribution in [0.25, 0.3) is 0 Å². The molecule has 1 atom stereocenters. The number of benzene rings is 1. The van der Waals surface area contributed by atoms with Gasteiger partial charge in [0.1, 0.15) is 0 Å². The second-order valence-corrected chi connectivity index (χ2v) is 6.41. The molecule has 1 aliphatic rings. The number of ether oxygens (including phenoxy) is 1. The molecular formula is C17H26N2O3. The fourth-order valence-electron chi connectivity index (χ4n) is 3.17. The Labute approximate surface area is 132 Å². The van der Waals surface area contributed by atoms with Crippen LogP contribution >= 0.6 is 0 Å². The zero-order chi connectivity index (χ0) is 16.2. The van der Waals surface area contributed by atoms with E-state index in [-0.39, 0.29) is 24.0 Å². The molecule has 1 heterocycles. The largest absolute Gasteiger partial charge is 0.465 e. The number of piperazine rings is 1. The van der Waals surface area contributed by atoms with E-state index in [4.69, 9.17) is 4.74 Å². The van der Waals surface area contributed by atoms with Crippen LogP contribution in [0.1, 0.15) is 35.8 Å². The van der Waals surface area contributed by atoms with Crippen molar-refractivity contribution >= 4 is 5.97 Å². The van der Waals surface area contributed by atoms with Gasteiger partial charge in [0, 0.05) is 44.2 Å². The minimum absolute atomic E-state index is 0.0325. The second-order valence-electron chi connectivity index (χ2n) is 6.41. The summed E-state index contributed by atoms with van der Waals surface area (Å²) in [6, 6.07) is 7.51. The van der Waals surface area contributed by atoms with E-state index in [1.54, 1.807) is 6.07 Å². The number of esters is 1. The van der Waals surface area contributed by atoms with Crippen molar-refractivity contribution in [2.24, 2.45) is 5.41 Å². The average Bonchev–Trinajstić information content (AvgIpc) is 2.55. The Morgan fingerprint density at radius 3 is 2.59 bits per heavy atom. The number of carbonyl (C=O) groups excluding carboxylic acids is 1. The number of nitrogens with zero attached hydrogens (tertiary/aromatic N) is 1. The van der Waals surface area contributed by atoms with E-state index in [1.165, 1.54) is 7.11 Å². The molecule has 0 amide bonds. The highest BCUT2D eigenvalue weighted by atomic mass is 16.5. The Bertz CT molecular complexity index is 510. The van der Waals surface area contributed by atoms with Gasteiger partial charge in [0.15, 0.2) is 0 Å². The average molecular weight is 306 g/mol. The molecule has 0 aromatic heterocycles. The van der Waals surface area contributed by atoms with Gasteiger partial charge in [-0.2, -0.15) is 0 Å². The van der Waals surface area contributed by atoms with Crippen LogP contribution < -0.4 is 5.32 Å². The van der Waals surface area contributed by atoms with Gasteiger partial charge in [-0.05, 0) is 11.6 Å². The zero-order valence-electron chi connectivity index (χ0n) is 13.6. The topological polar surface area (TPSA) is 61.8 Å². The molecule has 1 aromatic carbocycles. The van der Waals surface area contributed by atoms with Crippen LogP contribution in [0.15, 0.2) is 24.3 Å². The van der Waals surface area contributed by atoms with E-state index in [0.717, 1.165) is 31.7 Å². The Morgan fingerprint density at radius 1 is 1.36 bits per heavy atom. The molecule has 122 valence electrons. The summed E-state index contributed by atoms with van der Waals surface area (Å²) in [5, 5.41) is 13.2. The van der Waals surface area contributed by atoms with E-state index in [9.17, 15) is 9.90 Å². The first-order chi connectivity index (χ1) is 10.5. The predicted molar refractivity (Wildman–Crippen MR) is 85.8 cm³/mol. The minimum atomic E-state index is -0.360. The summed E-state index contributed by atoms with van der Waals surface area (Å²) >= 11 is 0. The number of aliphatic hydroxyl groups excluding tert-OH is 1. The molecule has 1 aliphatic heterocycles. The molecule has 0 radical (unpaired) electrons. The first-order valence-corrected chi connectivity index (χ1v) is 7.74. The molecule has 5 heteroatoms. The number of rotatable bonds is 5. The smallest absolute Gasteiger partial charge is 0.338 e. The summed E-state index contributed by atoms with van der Waals surface area (Å²) < 4.78 is 4.93. The number of hydrogen-bond acceptors (Lipinski definition) is 5. The summed E-state index contributed by atoms with van der Waals surface area (Å²) in [7, 11) is 1.40. The van der Waals surface area contributed by atoms with Crippen molar-refractivity contribution in [2.45, 2.75) is 19.9 Å². The molecule has 1 saturated heterocycles. The summed E-state index contributed by atoms with van der Waals surface area (Å²) in [4.78, 5) is 14.5. The van der Waals surface area contributed by atoms with Gasteiger partial charge in [-0.25, -0.2) is 4.79 Å². The van der Waals surface area contributed by atoms with Crippen LogP contribution in [0.3, 0.4) is 0 Å². The van der Waals surface area contributed by atoms with Gasteiger partial charge in [0.2, 0.25) is 0 Å². The molecule has 1 aromatic rings. The summed E-state index contributed by atoms with van der Waals surface area (Å²) in [5.41, 5.74) is 1.15. The first-order valence-electron chi connectivity index (χ1n) is 7.74. The fraction of sp³-hybridized carbons (Fsp3) is 0.588. The molecule has 22 heavy (non-hydrogen) atoms. The Balaban J connectivity index is 2.47. The van der Waals surface area contributed by atoms with E-state index in [2.05, 4.69) is 10.2 Å². The van der Waals surface area contributed by atoms with Crippen LogP contribution in [0.5, 0.6) is 0 Å². The highest BCUT2D eigenvalue weighted by molar-refractivity contribution is 5.91. The first kappa shape index (κ1) is 16.9. The second kappa shape index (κ2) is 7.22. The van der Waals surface area contributed by atoms with Crippen LogP contribution in [-0.2, 0) is 4.74 Å². The summed E-state index contributed by atoms with van der Waals surface area (Å²) in [6.07, 6.45) is 0. The highest BCUT2D eigenvalue weighted by Gasteiger charge is 2.37. The molecule has 0 unspecified atom stereocenters. The standard InChI is InChI=1S/C17H26N2O3/c1-17(2,12-20)15(19-10-8-18-9-11-19)13-6-4-5-7-14(13)16(21)22-3/h4-7,15,18,20H,8-12H2,1-3H3/t15-/m0/s1. The van der Waals surface area contributed by atoms with Crippen LogP contribution in [0.4, 0.5) is 0 Å². The Hall–Kier alpha value is -1.43. The Morgan fingerprint density at radius 2 is 2.00 bits per heavy atom. The normalized spacial score (nSPS) is 18.0. The van der Waals surface area contributed by atoms with E-state index < -0.39 is 0 Å². The number of methoxy groups -OCH3 is 1. The lowest BCUT2D eigenvalue weighted by atomic mass is 9.78. The van der Waals surface area contributed by atoms with Crippen LogP contribution in [0.2, 0.25) is 0 Å². The van der Waals surface area contributed by atoms with Gasteiger partial charge in [-0.1, -0.05) is 32.0 Å². The lowest BCUT2D eigenvalue weighted by Crippen LogP contribution is -2.50. The van der Waals surface area contributed by atoms with E-state index >= 15 is 0 Å². The number of carbonyl (C=O) groups is 1. The van der Waals surface area contributed by atoms with Crippen molar-refractivity contribution in [3.63, 3.8) is 0 Å². The van der Waals surface area contributed by atoms with Gasteiger partial charge in [-0.15, -0.1) is 0 Å². The third-order valence-electron chi connectivity index (χ3n) is 4.33. The fourth-order valence-corrected chi connectivity index (χ4v) is 3.17. The maximum absolute atomic E-state index is 12.1. The van der Waals surface area contributed by atoms with Gasteiger partial charge in [0.05, 0.1) is 12.7 Å². The van der Waals surface area contributed by atoms with Crippen molar-refractivity contribution in [3.05, 3.63) is 35.4 Å². The van der Waals surface area contributed by atoms with Crippen LogP contribution in [0, 0.1) is 5.41 Å². The lowest BCUT2D eigenvalue weighted by Gasteiger charge is -2.44. The minimum Gasteiger partial charge on any atom is -0.465 e. The third-order valence-corrected chi connectivity index (χ3v) is 4.33. The molecule has 0 bridgehead atoms. The van der Waals surface area contributed by atoms with Crippen LogP contribution in [-0.4, -0.2) is 55.9 Å². The van der Waals surface area contributed by atoms with Gasteiger partial charge < -0.3 is 15.2 Å². The molecule has 0 aliphatic carbocycles. The quantitative estimate of drug-likeness (QED) is 0.806. The molecular weight excluding hydrogens is 280 g/mol. The van der Waals surface area contributed by atoms with E-state index in [0.29, 0.717) is 5.56 Å². The molecule has 1 fully saturated rings. The lowest BCUT2D eigenvalue weighted by molar-refractivity contribution is 0.0289. The van der Waals surface area contributed by atoms with Gasteiger partial charge in [0.25, 0.3) is 0 Å². The van der Waals surface area contributed by atoms with Gasteiger partial charge >= 0.3 is 5.97 Å². The van der Waals surface area contributed by atoms with Crippen molar-refractivity contribution in [3.8, 4) is 0 Å². The monoisotopic (exact) mass is 306 g/mol. The maximum Gasteiger partial charge on any atom is 0.338 e. The van der Waals surface area contributed by atoms with Gasteiger partial charge in [-0.3, -0.25) is 4.90 Å². The summed E-state index contributed by atoms with van der Waals surface area (Å²) in [6.45, 7) is 7.74. The van der Waals surface area contributed by atoms with Crippen molar-refractivity contribution in [1.29, 1.82) is 0 Å². The molecule has 2 rings (SSSR count).